The maximum Gasteiger partial charge on any atom is 0.255 e. The maximum absolute atomic E-state index is 12.8. The topological polar surface area (TPSA) is 70.9 Å². The summed E-state index contributed by atoms with van der Waals surface area (Å²) in [4.78, 5) is 14.0. The lowest BCUT2D eigenvalue weighted by molar-refractivity contribution is -0.883. The van der Waals surface area contributed by atoms with Crippen LogP contribution in [0.2, 0.25) is 0 Å². The average molecular weight is 403 g/mol. The zero-order valence-corrected chi connectivity index (χ0v) is 17.4. The second-order valence-electron chi connectivity index (χ2n) is 7.62. The number of rotatable bonds is 5. The SMILES string of the molecule is CC(C)c1ccc(NC(=O)c2ccc(S(=O)(=O)N3CC[NH+](C)CC3)cc2)cc1. The monoisotopic (exact) mass is 402 g/mol. The number of nitrogens with one attached hydrogen (secondary N) is 2. The summed E-state index contributed by atoms with van der Waals surface area (Å²) >= 11 is 0. The molecule has 0 aromatic heterocycles. The zero-order valence-electron chi connectivity index (χ0n) is 16.6. The van der Waals surface area contributed by atoms with Gasteiger partial charge in [0.15, 0.2) is 0 Å². The highest BCUT2D eigenvalue weighted by Crippen LogP contribution is 2.19. The molecule has 0 aliphatic carbocycles. The fourth-order valence-electron chi connectivity index (χ4n) is 3.19. The van der Waals surface area contributed by atoms with Crippen LogP contribution in [0.25, 0.3) is 0 Å². The van der Waals surface area contributed by atoms with E-state index in [0.717, 1.165) is 13.1 Å². The van der Waals surface area contributed by atoms with Gasteiger partial charge < -0.3 is 10.2 Å². The average Bonchev–Trinajstić information content (AvgIpc) is 2.69. The third-order valence-electron chi connectivity index (χ3n) is 5.17. The lowest BCUT2D eigenvalue weighted by Gasteiger charge is -2.29. The minimum absolute atomic E-state index is 0.227. The number of sulfonamides is 1. The first-order chi connectivity index (χ1) is 13.3. The number of piperazine rings is 1. The van der Waals surface area contributed by atoms with E-state index in [1.807, 2.05) is 24.3 Å². The third kappa shape index (κ3) is 4.60. The van der Waals surface area contributed by atoms with Crippen LogP contribution in [-0.2, 0) is 10.0 Å². The van der Waals surface area contributed by atoms with Gasteiger partial charge in [-0.15, -0.1) is 0 Å². The first-order valence-corrected chi connectivity index (χ1v) is 11.0. The van der Waals surface area contributed by atoms with Crippen LogP contribution in [0.15, 0.2) is 53.4 Å². The van der Waals surface area contributed by atoms with Crippen LogP contribution in [0, 0.1) is 0 Å². The highest BCUT2D eigenvalue weighted by Gasteiger charge is 2.29. The van der Waals surface area contributed by atoms with Crippen LogP contribution in [0.3, 0.4) is 0 Å². The molecule has 1 aliphatic rings. The van der Waals surface area contributed by atoms with E-state index in [4.69, 9.17) is 0 Å². The van der Waals surface area contributed by atoms with Crippen molar-refractivity contribution in [2.24, 2.45) is 0 Å². The molecule has 2 aromatic rings. The molecule has 3 rings (SSSR count). The number of nitrogens with zero attached hydrogens (tertiary/aromatic N) is 1. The van der Waals surface area contributed by atoms with E-state index in [-0.39, 0.29) is 10.8 Å². The molecule has 0 saturated carbocycles. The van der Waals surface area contributed by atoms with Crippen molar-refractivity contribution in [1.29, 1.82) is 0 Å². The quantitative estimate of drug-likeness (QED) is 0.798. The first-order valence-electron chi connectivity index (χ1n) is 9.60. The van der Waals surface area contributed by atoms with Gasteiger partial charge in [-0.05, 0) is 47.9 Å². The molecule has 28 heavy (non-hydrogen) atoms. The van der Waals surface area contributed by atoms with Crippen LogP contribution in [0.5, 0.6) is 0 Å². The summed E-state index contributed by atoms with van der Waals surface area (Å²) < 4.78 is 27.1. The number of hydrogen-bond acceptors (Lipinski definition) is 3. The molecular formula is C21H28N3O3S+. The molecule has 0 radical (unpaired) electrons. The number of carbonyl (C=O) groups is 1. The second kappa shape index (κ2) is 8.43. The largest absolute Gasteiger partial charge is 0.335 e. The Morgan fingerprint density at radius 1 is 1.00 bits per heavy atom. The Bertz CT molecular complexity index is 914. The van der Waals surface area contributed by atoms with Crippen molar-refractivity contribution in [2.75, 3.05) is 38.5 Å². The molecule has 1 fully saturated rings. The van der Waals surface area contributed by atoms with Crippen LogP contribution < -0.4 is 10.2 Å². The van der Waals surface area contributed by atoms with E-state index in [2.05, 4.69) is 26.2 Å². The summed E-state index contributed by atoms with van der Waals surface area (Å²) in [5.74, 6) is 0.172. The first kappa shape index (κ1) is 20.5. The molecule has 1 aliphatic heterocycles. The van der Waals surface area contributed by atoms with E-state index < -0.39 is 10.0 Å². The van der Waals surface area contributed by atoms with Crippen molar-refractivity contribution >= 4 is 21.6 Å². The summed E-state index contributed by atoms with van der Waals surface area (Å²) in [6.07, 6.45) is 0. The molecule has 0 unspecified atom stereocenters. The smallest absolute Gasteiger partial charge is 0.255 e. The molecule has 2 N–H and O–H groups in total. The molecule has 1 amide bonds. The normalized spacial score (nSPS) is 16.3. The minimum atomic E-state index is -3.51. The van der Waals surface area contributed by atoms with Gasteiger partial charge in [0.1, 0.15) is 0 Å². The van der Waals surface area contributed by atoms with Gasteiger partial charge in [0, 0.05) is 11.3 Å². The summed E-state index contributed by atoms with van der Waals surface area (Å²) in [6.45, 7) is 6.87. The van der Waals surface area contributed by atoms with Crippen molar-refractivity contribution in [3.63, 3.8) is 0 Å². The van der Waals surface area contributed by atoms with Gasteiger partial charge in [-0.25, -0.2) is 8.42 Å². The third-order valence-corrected chi connectivity index (χ3v) is 7.08. The Morgan fingerprint density at radius 3 is 2.11 bits per heavy atom. The Morgan fingerprint density at radius 2 is 1.57 bits per heavy atom. The summed E-state index contributed by atoms with van der Waals surface area (Å²) in [5.41, 5.74) is 2.35. The number of hydrogen-bond donors (Lipinski definition) is 2. The lowest BCUT2D eigenvalue weighted by atomic mass is 10.0. The molecular weight excluding hydrogens is 374 g/mol. The van der Waals surface area contributed by atoms with Crippen LogP contribution in [0.4, 0.5) is 5.69 Å². The standard InChI is InChI=1S/C21H27N3O3S/c1-16(2)17-4-8-19(9-5-17)22-21(25)18-6-10-20(11-7-18)28(26,27)24-14-12-23(3)13-15-24/h4-11,16H,12-15H2,1-3H3,(H,22,25)/p+1. The molecule has 150 valence electrons. The van der Waals surface area contributed by atoms with Gasteiger partial charge in [-0.2, -0.15) is 4.31 Å². The summed E-state index contributed by atoms with van der Waals surface area (Å²) in [7, 11) is -1.45. The fraction of sp³-hybridized carbons (Fsp3) is 0.381. The number of anilines is 1. The number of likely N-dealkylation sites (N-methyl/N-ethyl adjacent to an activating group) is 1. The number of carbonyl (C=O) groups excluding carboxylic acids is 1. The molecule has 0 spiro atoms. The predicted octanol–water partition coefficient (Wildman–Crippen LogP) is 1.58. The molecule has 1 heterocycles. The highest BCUT2D eigenvalue weighted by atomic mass is 32.2. The Labute approximate surface area is 167 Å². The van der Waals surface area contributed by atoms with Crippen molar-refractivity contribution in [3.05, 3.63) is 59.7 Å². The van der Waals surface area contributed by atoms with E-state index in [0.29, 0.717) is 30.3 Å². The van der Waals surface area contributed by atoms with Gasteiger partial charge in [-0.3, -0.25) is 4.79 Å². The van der Waals surface area contributed by atoms with Crippen molar-refractivity contribution in [1.82, 2.24) is 4.31 Å². The van der Waals surface area contributed by atoms with Gasteiger partial charge in [0.2, 0.25) is 10.0 Å². The summed E-state index contributed by atoms with van der Waals surface area (Å²) in [6, 6.07) is 13.9. The van der Waals surface area contributed by atoms with Crippen molar-refractivity contribution in [2.45, 2.75) is 24.7 Å². The van der Waals surface area contributed by atoms with Gasteiger partial charge >= 0.3 is 0 Å². The number of benzene rings is 2. The minimum Gasteiger partial charge on any atom is -0.335 e. The number of amides is 1. The second-order valence-corrected chi connectivity index (χ2v) is 9.55. The fourth-order valence-corrected chi connectivity index (χ4v) is 4.63. The lowest BCUT2D eigenvalue weighted by Crippen LogP contribution is -3.12. The highest BCUT2D eigenvalue weighted by molar-refractivity contribution is 7.89. The molecule has 0 atom stereocenters. The molecule has 7 heteroatoms. The Balaban J connectivity index is 1.68. The Kier molecular flexibility index (Phi) is 6.17. The van der Waals surface area contributed by atoms with E-state index in [1.54, 1.807) is 12.1 Å². The van der Waals surface area contributed by atoms with Crippen LogP contribution in [0.1, 0.15) is 35.7 Å². The van der Waals surface area contributed by atoms with E-state index in [1.165, 1.54) is 26.9 Å². The molecule has 6 nitrogen and oxygen atoms in total. The maximum atomic E-state index is 12.8. The molecule has 1 saturated heterocycles. The van der Waals surface area contributed by atoms with Gasteiger partial charge in [0.25, 0.3) is 5.91 Å². The van der Waals surface area contributed by atoms with Gasteiger partial charge in [0.05, 0.1) is 38.1 Å². The van der Waals surface area contributed by atoms with Crippen LogP contribution >= 0.6 is 0 Å². The molecule has 2 aromatic carbocycles. The van der Waals surface area contributed by atoms with E-state index in [9.17, 15) is 13.2 Å². The van der Waals surface area contributed by atoms with Crippen molar-refractivity contribution < 1.29 is 18.1 Å². The molecule has 0 bridgehead atoms. The Hall–Kier alpha value is -2.22. The van der Waals surface area contributed by atoms with E-state index >= 15 is 0 Å². The zero-order chi connectivity index (χ0) is 20.3. The van der Waals surface area contributed by atoms with Gasteiger partial charge in [-0.1, -0.05) is 26.0 Å². The van der Waals surface area contributed by atoms with Crippen molar-refractivity contribution in [3.8, 4) is 0 Å². The van der Waals surface area contributed by atoms with Crippen LogP contribution in [-0.4, -0.2) is 51.9 Å². The predicted molar refractivity (Wildman–Crippen MR) is 110 cm³/mol. The number of quaternary nitrogens is 1. The summed E-state index contributed by atoms with van der Waals surface area (Å²) in [5, 5.41) is 2.85.